The largest absolute Gasteiger partial charge is 0.207 e. The lowest BCUT2D eigenvalue weighted by Crippen LogP contribution is -1.83. The molecule has 0 spiro atoms. The van der Waals surface area contributed by atoms with E-state index in [0.29, 0.717) is 5.56 Å². The summed E-state index contributed by atoms with van der Waals surface area (Å²) in [5.74, 6) is -1.13. The maximum absolute atomic E-state index is 12.9. The number of hydrogen-bond acceptors (Lipinski definition) is 0. The van der Waals surface area contributed by atoms with Crippen LogP contribution in [0.25, 0.3) is 11.1 Å². The van der Waals surface area contributed by atoms with Crippen LogP contribution >= 0.6 is 0 Å². The minimum absolute atomic E-state index is 0.527. The van der Waals surface area contributed by atoms with Crippen molar-refractivity contribution in [2.75, 3.05) is 0 Å². The predicted octanol–water partition coefficient (Wildman–Crippen LogP) is 3.43. The van der Waals surface area contributed by atoms with Gasteiger partial charge in [0, 0.05) is 6.07 Å². The molecule has 14 heavy (non-hydrogen) atoms. The molecular formula is C12H7F2. The molecule has 0 saturated carbocycles. The van der Waals surface area contributed by atoms with Crippen molar-refractivity contribution in [2.24, 2.45) is 0 Å². The smallest absolute Gasteiger partial charge is 0.126 e. The predicted molar refractivity (Wildman–Crippen MR) is 50.6 cm³/mol. The molecule has 0 bridgehead atoms. The van der Waals surface area contributed by atoms with Gasteiger partial charge in [0.2, 0.25) is 0 Å². The summed E-state index contributed by atoms with van der Waals surface area (Å²) in [5.41, 5.74) is 1.28. The molecule has 2 aromatic rings. The average Bonchev–Trinajstić information content (AvgIpc) is 2.18. The molecule has 0 aliphatic heterocycles. The van der Waals surface area contributed by atoms with Gasteiger partial charge in [-0.15, -0.1) is 0 Å². The number of benzene rings is 2. The van der Waals surface area contributed by atoms with E-state index in [-0.39, 0.29) is 0 Å². The van der Waals surface area contributed by atoms with Gasteiger partial charge in [0.15, 0.2) is 0 Å². The summed E-state index contributed by atoms with van der Waals surface area (Å²) < 4.78 is 25.7. The first-order valence-electron chi connectivity index (χ1n) is 4.18. The molecule has 0 unspecified atom stereocenters. The minimum atomic E-state index is -0.566. The van der Waals surface area contributed by atoms with Crippen LogP contribution in [0.5, 0.6) is 0 Å². The normalized spacial score (nSPS) is 10.1. The van der Waals surface area contributed by atoms with E-state index in [0.717, 1.165) is 11.6 Å². The highest BCUT2D eigenvalue weighted by molar-refractivity contribution is 5.63. The van der Waals surface area contributed by atoms with Crippen LogP contribution in [-0.4, -0.2) is 0 Å². The third-order valence-electron chi connectivity index (χ3n) is 1.90. The topological polar surface area (TPSA) is 0 Å². The Morgan fingerprint density at radius 3 is 2.21 bits per heavy atom. The standard InChI is InChI=1S/C12H7F2/c13-11-6-10(7-12(14)8-11)9-4-2-1-3-5-9/h1-2,4-8H. The second-order valence-electron chi connectivity index (χ2n) is 2.95. The zero-order valence-electron chi connectivity index (χ0n) is 7.30. The molecule has 69 valence electrons. The Morgan fingerprint density at radius 2 is 1.64 bits per heavy atom. The Balaban J connectivity index is 2.52. The molecule has 2 rings (SSSR count). The van der Waals surface area contributed by atoms with Crippen molar-refractivity contribution in [1.82, 2.24) is 0 Å². The van der Waals surface area contributed by atoms with E-state index in [1.807, 2.05) is 0 Å². The van der Waals surface area contributed by atoms with Gasteiger partial charge >= 0.3 is 0 Å². The van der Waals surface area contributed by atoms with Crippen molar-refractivity contribution >= 4 is 0 Å². The van der Waals surface area contributed by atoms with E-state index in [2.05, 4.69) is 6.07 Å². The van der Waals surface area contributed by atoms with Crippen molar-refractivity contribution in [3.8, 4) is 11.1 Å². The minimum Gasteiger partial charge on any atom is -0.207 e. The zero-order valence-corrected chi connectivity index (χ0v) is 7.30. The Bertz CT molecular complexity index is 415. The van der Waals surface area contributed by atoms with Crippen LogP contribution in [0.2, 0.25) is 0 Å². The van der Waals surface area contributed by atoms with Crippen LogP contribution < -0.4 is 0 Å². The maximum Gasteiger partial charge on any atom is 0.126 e. The highest BCUT2D eigenvalue weighted by Crippen LogP contribution is 2.20. The van der Waals surface area contributed by atoms with Crippen molar-refractivity contribution in [1.29, 1.82) is 0 Å². The molecule has 0 heterocycles. The summed E-state index contributed by atoms with van der Waals surface area (Å²) in [6.07, 6.45) is 0. The molecule has 0 saturated heterocycles. The van der Waals surface area contributed by atoms with E-state index in [4.69, 9.17) is 0 Å². The number of hydrogen-bond donors (Lipinski definition) is 0. The molecule has 0 atom stereocenters. The molecule has 0 N–H and O–H groups in total. The maximum atomic E-state index is 12.9. The van der Waals surface area contributed by atoms with Crippen molar-refractivity contribution in [3.63, 3.8) is 0 Å². The highest BCUT2D eigenvalue weighted by atomic mass is 19.1. The van der Waals surface area contributed by atoms with Crippen LogP contribution in [0.1, 0.15) is 0 Å². The molecule has 0 aromatic heterocycles. The average molecular weight is 189 g/mol. The molecular weight excluding hydrogens is 182 g/mol. The fourth-order valence-corrected chi connectivity index (χ4v) is 1.29. The lowest BCUT2D eigenvalue weighted by Gasteiger charge is -2.01. The molecule has 1 radical (unpaired) electrons. The first-order chi connectivity index (χ1) is 6.75. The highest BCUT2D eigenvalue weighted by Gasteiger charge is 2.01. The number of rotatable bonds is 1. The van der Waals surface area contributed by atoms with E-state index >= 15 is 0 Å². The summed E-state index contributed by atoms with van der Waals surface area (Å²) in [7, 11) is 0. The summed E-state index contributed by atoms with van der Waals surface area (Å²) in [6, 6.07) is 13.3. The fraction of sp³-hybridized carbons (Fsp3) is 0. The van der Waals surface area contributed by atoms with E-state index < -0.39 is 11.6 Å². The number of halogens is 2. The Labute approximate surface area is 80.8 Å². The third kappa shape index (κ3) is 1.79. The summed E-state index contributed by atoms with van der Waals surface area (Å²) in [5, 5.41) is 0. The van der Waals surface area contributed by atoms with Gasteiger partial charge in [0.1, 0.15) is 11.6 Å². The van der Waals surface area contributed by atoms with Gasteiger partial charge in [-0.3, -0.25) is 0 Å². The summed E-state index contributed by atoms with van der Waals surface area (Å²) >= 11 is 0. The summed E-state index contributed by atoms with van der Waals surface area (Å²) in [4.78, 5) is 0. The van der Waals surface area contributed by atoms with E-state index in [1.54, 1.807) is 24.3 Å². The zero-order chi connectivity index (χ0) is 9.97. The molecule has 0 aliphatic carbocycles. The van der Waals surface area contributed by atoms with Gasteiger partial charge in [-0.25, -0.2) is 8.78 Å². The van der Waals surface area contributed by atoms with E-state index in [9.17, 15) is 8.78 Å². The van der Waals surface area contributed by atoms with Crippen LogP contribution in [0.15, 0.2) is 42.5 Å². The second kappa shape index (κ2) is 3.58. The van der Waals surface area contributed by atoms with Crippen molar-refractivity contribution < 1.29 is 8.78 Å². The fourth-order valence-electron chi connectivity index (χ4n) is 1.29. The van der Waals surface area contributed by atoms with Gasteiger partial charge in [-0.2, -0.15) is 0 Å². The van der Waals surface area contributed by atoms with Crippen LogP contribution in [-0.2, 0) is 0 Å². The monoisotopic (exact) mass is 189 g/mol. The first kappa shape index (κ1) is 8.88. The Morgan fingerprint density at radius 1 is 0.929 bits per heavy atom. The van der Waals surface area contributed by atoms with Crippen molar-refractivity contribution in [3.05, 3.63) is 60.2 Å². The van der Waals surface area contributed by atoms with Gasteiger partial charge in [-0.1, -0.05) is 18.2 Å². The molecule has 0 fully saturated rings. The molecule has 0 aliphatic rings. The van der Waals surface area contributed by atoms with Crippen LogP contribution in [0.3, 0.4) is 0 Å². The van der Waals surface area contributed by atoms with Crippen LogP contribution in [0.4, 0.5) is 8.78 Å². The van der Waals surface area contributed by atoms with Crippen LogP contribution in [0, 0.1) is 17.7 Å². The molecule has 0 nitrogen and oxygen atoms in total. The lowest BCUT2D eigenvalue weighted by atomic mass is 10.1. The second-order valence-corrected chi connectivity index (χ2v) is 2.95. The lowest BCUT2D eigenvalue weighted by molar-refractivity contribution is 0.584. The molecule has 0 amide bonds. The Hall–Kier alpha value is -1.70. The Kier molecular flexibility index (Phi) is 2.27. The first-order valence-corrected chi connectivity index (χ1v) is 4.18. The molecule has 2 heteroatoms. The van der Waals surface area contributed by atoms with E-state index in [1.165, 1.54) is 12.1 Å². The quantitative estimate of drug-likeness (QED) is 0.644. The van der Waals surface area contributed by atoms with Crippen molar-refractivity contribution in [2.45, 2.75) is 0 Å². The van der Waals surface area contributed by atoms with Gasteiger partial charge in [0.05, 0.1) is 0 Å². The summed E-state index contributed by atoms with van der Waals surface area (Å²) in [6.45, 7) is 0. The van der Waals surface area contributed by atoms with Gasteiger partial charge in [0.25, 0.3) is 0 Å². The third-order valence-corrected chi connectivity index (χ3v) is 1.90. The van der Waals surface area contributed by atoms with Gasteiger partial charge < -0.3 is 0 Å². The molecule has 2 aromatic carbocycles. The SMILES string of the molecule is Fc1cc(F)cc(-c2c[c]ccc2)c1. The van der Waals surface area contributed by atoms with Gasteiger partial charge in [-0.05, 0) is 35.4 Å².